The molecule has 0 aromatic carbocycles. The van der Waals surface area contributed by atoms with Gasteiger partial charge in [-0.2, -0.15) is 0 Å². The molecule has 2 rings (SSSR count). The third-order valence-corrected chi connectivity index (χ3v) is 2.87. The van der Waals surface area contributed by atoms with E-state index in [1.807, 2.05) is 13.0 Å². The zero-order valence-corrected chi connectivity index (χ0v) is 10.3. The number of nitrogens with zero attached hydrogens (tertiary/aromatic N) is 2. The van der Waals surface area contributed by atoms with Gasteiger partial charge in [0, 0.05) is 30.8 Å². The van der Waals surface area contributed by atoms with Crippen LogP contribution in [0.15, 0.2) is 6.07 Å². The first-order chi connectivity index (χ1) is 8.17. The van der Waals surface area contributed by atoms with Gasteiger partial charge in [0.15, 0.2) is 0 Å². The van der Waals surface area contributed by atoms with Gasteiger partial charge in [-0.15, -0.1) is 0 Å². The Morgan fingerprint density at radius 1 is 1.53 bits per heavy atom. The smallest absolute Gasteiger partial charge is 0.220 e. The van der Waals surface area contributed by atoms with Crippen LogP contribution in [-0.4, -0.2) is 28.5 Å². The number of anilines is 1. The molecule has 0 radical (unpaired) electrons. The standard InChI is InChI=1S/C12H18N4O/c1-3-9-6-11(15-8(2)14-9)16-10-4-5-12(17)13-7-10/h6,10H,3-5,7H2,1-2H3,(H,13,17)(H,14,15,16). The number of hydrogen-bond donors (Lipinski definition) is 2. The lowest BCUT2D eigenvalue weighted by molar-refractivity contribution is -0.122. The van der Waals surface area contributed by atoms with Gasteiger partial charge in [-0.3, -0.25) is 4.79 Å². The predicted octanol–water partition coefficient (Wildman–Crippen LogP) is 1.04. The number of rotatable bonds is 3. The summed E-state index contributed by atoms with van der Waals surface area (Å²) >= 11 is 0. The monoisotopic (exact) mass is 234 g/mol. The third-order valence-electron chi connectivity index (χ3n) is 2.87. The number of hydrogen-bond acceptors (Lipinski definition) is 4. The summed E-state index contributed by atoms with van der Waals surface area (Å²) in [7, 11) is 0. The van der Waals surface area contributed by atoms with E-state index in [9.17, 15) is 4.79 Å². The van der Waals surface area contributed by atoms with E-state index in [4.69, 9.17) is 0 Å². The highest BCUT2D eigenvalue weighted by molar-refractivity contribution is 5.76. The number of amides is 1. The molecule has 1 aliphatic heterocycles. The largest absolute Gasteiger partial charge is 0.365 e. The van der Waals surface area contributed by atoms with Crippen molar-refractivity contribution in [1.82, 2.24) is 15.3 Å². The molecule has 2 heterocycles. The van der Waals surface area contributed by atoms with Crippen LogP contribution in [0.25, 0.3) is 0 Å². The predicted molar refractivity (Wildman–Crippen MR) is 65.8 cm³/mol. The maximum atomic E-state index is 11.1. The molecule has 0 bridgehead atoms. The third kappa shape index (κ3) is 3.15. The van der Waals surface area contributed by atoms with Crippen molar-refractivity contribution < 1.29 is 4.79 Å². The Morgan fingerprint density at radius 3 is 3.00 bits per heavy atom. The summed E-state index contributed by atoms with van der Waals surface area (Å²) in [4.78, 5) is 19.7. The van der Waals surface area contributed by atoms with Gasteiger partial charge in [-0.25, -0.2) is 9.97 Å². The highest BCUT2D eigenvalue weighted by atomic mass is 16.1. The van der Waals surface area contributed by atoms with Gasteiger partial charge in [-0.1, -0.05) is 6.92 Å². The van der Waals surface area contributed by atoms with E-state index in [1.54, 1.807) is 0 Å². The molecule has 2 N–H and O–H groups in total. The quantitative estimate of drug-likeness (QED) is 0.820. The molecule has 5 heteroatoms. The van der Waals surface area contributed by atoms with Crippen LogP contribution >= 0.6 is 0 Å². The Kier molecular flexibility index (Phi) is 3.56. The van der Waals surface area contributed by atoms with Crippen LogP contribution in [0.2, 0.25) is 0 Å². The molecule has 1 unspecified atom stereocenters. The molecule has 0 aliphatic carbocycles. The van der Waals surface area contributed by atoms with Gasteiger partial charge in [0.2, 0.25) is 5.91 Å². The van der Waals surface area contributed by atoms with Gasteiger partial charge in [0.25, 0.3) is 0 Å². The van der Waals surface area contributed by atoms with Crippen LogP contribution in [0.5, 0.6) is 0 Å². The summed E-state index contributed by atoms with van der Waals surface area (Å²) in [6.07, 6.45) is 2.35. The second kappa shape index (κ2) is 5.12. The zero-order chi connectivity index (χ0) is 12.3. The fourth-order valence-corrected chi connectivity index (χ4v) is 1.95. The van der Waals surface area contributed by atoms with Crippen LogP contribution < -0.4 is 10.6 Å². The molecule has 0 saturated carbocycles. The zero-order valence-electron chi connectivity index (χ0n) is 10.3. The molecule has 1 aromatic heterocycles. The van der Waals surface area contributed by atoms with Crippen molar-refractivity contribution in [2.75, 3.05) is 11.9 Å². The van der Waals surface area contributed by atoms with E-state index in [1.165, 1.54) is 0 Å². The summed E-state index contributed by atoms with van der Waals surface area (Å²) in [6.45, 7) is 4.64. The van der Waals surface area contributed by atoms with E-state index < -0.39 is 0 Å². The lowest BCUT2D eigenvalue weighted by atomic mass is 10.1. The van der Waals surface area contributed by atoms with Crippen LogP contribution in [0.3, 0.4) is 0 Å². The Hall–Kier alpha value is -1.65. The van der Waals surface area contributed by atoms with Gasteiger partial charge >= 0.3 is 0 Å². The molecule has 1 amide bonds. The minimum atomic E-state index is 0.135. The normalized spacial score (nSPS) is 19.9. The molecule has 5 nitrogen and oxygen atoms in total. The average Bonchev–Trinajstić information content (AvgIpc) is 2.31. The second-order valence-corrected chi connectivity index (χ2v) is 4.33. The first kappa shape index (κ1) is 11.8. The van der Waals surface area contributed by atoms with Crippen molar-refractivity contribution >= 4 is 11.7 Å². The SMILES string of the molecule is CCc1cc(NC2CCC(=O)NC2)nc(C)n1. The summed E-state index contributed by atoms with van der Waals surface area (Å²) in [6, 6.07) is 2.25. The van der Waals surface area contributed by atoms with E-state index in [0.29, 0.717) is 13.0 Å². The molecule has 1 atom stereocenters. The first-order valence-electron chi connectivity index (χ1n) is 6.05. The van der Waals surface area contributed by atoms with Crippen LogP contribution in [0, 0.1) is 6.92 Å². The molecule has 1 aromatic rings. The maximum absolute atomic E-state index is 11.1. The summed E-state index contributed by atoms with van der Waals surface area (Å²) in [5.41, 5.74) is 1.04. The van der Waals surface area contributed by atoms with Gasteiger partial charge in [-0.05, 0) is 19.8 Å². The van der Waals surface area contributed by atoms with Gasteiger partial charge < -0.3 is 10.6 Å². The van der Waals surface area contributed by atoms with E-state index in [0.717, 1.165) is 30.2 Å². The molecular weight excluding hydrogens is 216 g/mol. The van der Waals surface area contributed by atoms with Crippen molar-refractivity contribution in [2.24, 2.45) is 0 Å². The molecular formula is C12H18N4O. The molecule has 1 saturated heterocycles. The van der Waals surface area contributed by atoms with Crippen LogP contribution in [-0.2, 0) is 11.2 Å². The number of aryl methyl sites for hydroxylation is 2. The van der Waals surface area contributed by atoms with E-state index >= 15 is 0 Å². The Morgan fingerprint density at radius 2 is 2.35 bits per heavy atom. The number of aromatic nitrogens is 2. The topological polar surface area (TPSA) is 66.9 Å². The Bertz CT molecular complexity index is 409. The van der Waals surface area contributed by atoms with E-state index in [-0.39, 0.29) is 11.9 Å². The van der Waals surface area contributed by atoms with Crippen molar-refractivity contribution in [2.45, 2.75) is 39.2 Å². The van der Waals surface area contributed by atoms with Crippen molar-refractivity contribution in [1.29, 1.82) is 0 Å². The fourth-order valence-electron chi connectivity index (χ4n) is 1.95. The lowest BCUT2D eigenvalue weighted by Gasteiger charge is -2.24. The first-order valence-corrected chi connectivity index (χ1v) is 6.05. The molecule has 1 aliphatic rings. The van der Waals surface area contributed by atoms with Gasteiger partial charge in [0.1, 0.15) is 11.6 Å². The summed E-state index contributed by atoms with van der Waals surface area (Å²) < 4.78 is 0. The minimum absolute atomic E-state index is 0.135. The lowest BCUT2D eigenvalue weighted by Crippen LogP contribution is -2.42. The van der Waals surface area contributed by atoms with Crippen molar-refractivity contribution in [3.8, 4) is 0 Å². The molecule has 1 fully saturated rings. The number of carbonyl (C=O) groups is 1. The Labute approximate surface area is 101 Å². The van der Waals surface area contributed by atoms with Crippen LogP contribution in [0.1, 0.15) is 31.3 Å². The molecule has 0 spiro atoms. The summed E-state index contributed by atoms with van der Waals surface area (Å²) in [5.74, 6) is 1.78. The van der Waals surface area contributed by atoms with Crippen LogP contribution in [0.4, 0.5) is 5.82 Å². The van der Waals surface area contributed by atoms with Crippen molar-refractivity contribution in [3.63, 3.8) is 0 Å². The highest BCUT2D eigenvalue weighted by Gasteiger charge is 2.18. The van der Waals surface area contributed by atoms with E-state index in [2.05, 4.69) is 27.5 Å². The second-order valence-electron chi connectivity index (χ2n) is 4.33. The fraction of sp³-hybridized carbons (Fsp3) is 0.583. The average molecular weight is 234 g/mol. The minimum Gasteiger partial charge on any atom is -0.365 e. The van der Waals surface area contributed by atoms with Crippen molar-refractivity contribution in [3.05, 3.63) is 17.6 Å². The maximum Gasteiger partial charge on any atom is 0.220 e. The molecule has 17 heavy (non-hydrogen) atoms. The summed E-state index contributed by atoms with van der Waals surface area (Å²) in [5, 5.41) is 6.20. The van der Waals surface area contributed by atoms with Gasteiger partial charge in [0.05, 0.1) is 0 Å². The number of carbonyl (C=O) groups excluding carboxylic acids is 1. The molecule has 92 valence electrons. The Balaban J connectivity index is 2.02. The number of piperidine rings is 1. The highest BCUT2D eigenvalue weighted by Crippen LogP contribution is 2.12. The number of nitrogens with one attached hydrogen (secondary N) is 2.